The van der Waals surface area contributed by atoms with Crippen LogP contribution < -0.4 is 10.6 Å². The fourth-order valence-corrected chi connectivity index (χ4v) is 2.89. The largest absolute Gasteiger partial charge is 0.324 e. The first-order valence-corrected chi connectivity index (χ1v) is 9.50. The summed E-state index contributed by atoms with van der Waals surface area (Å²) >= 11 is 0. The van der Waals surface area contributed by atoms with E-state index in [0.717, 1.165) is 19.0 Å². The SMILES string of the molecule is N#C/C(=C/C1CC1)C(=O)Nc1cccc(Nc2ncc(F)c(-c3ccccc3)n2)c1. The van der Waals surface area contributed by atoms with E-state index in [1.54, 1.807) is 42.5 Å². The van der Waals surface area contributed by atoms with Crippen LogP contribution in [-0.4, -0.2) is 15.9 Å². The molecule has 0 aliphatic heterocycles. The number of amides is 1. The van der Waals surface area contributed by atoms with Crippen LogP contribution >= 0.6 is 0 Å². The minimum atomic E-state index is -0.515. The second-order valence-corrected chi connectivity index (χ2v) is 6.95. The van der Waals surface area contributed by atoms with Crippen LogP contribution in [0.1, 0.15) is 12.8 Å². The van der Waals surface area contributed by atoms with E-state index >= 15 is 0 Å². The van der Waals surface area contributed by atoms with Gasteiger partial charge in [0.15, 0.2) is 5.82 Å². The molecule has 2 N–H and O–H groups in total. The molecule has 1 heterocycles. The highest BCUT2D eigenvalue weighted by atomic mass is 19.1. The summed E-state index contributed by atoms with van der Waals surface area (Å²) in [5.74, 6) is -0.400. The van der Waals surface area contributed by atoms with Gasteiger partial charge in [0.2, 0.25) is 5.95 Å². The molecule has 1 fully saturated rings. The normalized spacial score (nSPS) is 13.4. The summed E-state index contributed by atoms with van der Waals surface area (Å²) in [4.78, 5) is 20.6. The minimum absolute atomic E-state index is 0.116. The molecule has 0 radical (unpaired) electrons. The van der Waals surface area contributed by atoms with E-state index in [-0.39, 0.29) is 17.2 Å². The Hall–Kier alpha value is -4.05. The van der Waals surface area contributed by atoms with Crippen molar-refractivity contribution in [3.63, 3.8) is 0 Å². The van der Waals surface area contributed by atoms with Crippen LogP contribution in [0.3, 0.4) is 0 Å². The zero-order valence-electron chi connectivity index (χ0n) is 16.0. The molecule has 1 amide bonds. The van der Waals surface area contributed by atoms with Crippen LogP contribution in [0.25, 0.3) is 11.3 Å². The summed E-state index contributed by atoms with van der Waals surface area (Å²) in [5, 5.41) is 15.0. The summed E-state index contributed by atoms with van der Waals surface area (Å²) in [6.45, 7) is 0. The van der Waals surface area contributed by atoms with E-state index in [0.29, 0.717) is 22.9 Å². The average molecular weight is 399 g/mol. The fraction of sp³-hybridized carbons (Fsp3) is 0.130. The van der Waals surface area contributed by atoms with Gasteiger partial charge in [0, 0.05) is 16.9 Å². The Morgan fingerprint density at radius 2 is 1.90 bits per heavy atom. The van der Waals surface area contributed by atoms with Crippen molar-refractivity contribution in [3.05, 3.63) is 78.3 Å². The van der Waals surface area contributed by atoms with Gasteiger partial charge in [-0.15, -0.1) is 0 Å². The standard InChI is InChI=1S/C23H18FN5O/c24-20-14-26-23(29-21(20)16-5-2-1-3-6-16)28-19-8-4-7-18(12-19)27-22(30)17(13-25)11-15-9-10-15/h1-8,11-12,14-15H,9-10H2,(H,27,30)(H,26,28,29)/b17-11-. The summed E-state index contributed by atoms with van der Waals surface area (Å²) in [6, 6.07) is 17.9. The van der Waals surface area contributed by atoms with Crippen molar-refractivity contribution in [1.82, 2.24) is 9.97 Å². The molecule has 30 heavy (non-hydrogen) atoms. The summed E-state index contributed by atoms with van der Waals surface area (Å²) < 4.78 is 14.2. The molecule has 148 valence electrons. The van der Waals surface area contributed by atoms with Gasteiger partial charge in [-0.2, -0.15) is 5.26 Å². The Kier molecular flexibility index (Phi) is 5.48. The predicted octanol–water partition coefficient (Wildman–Crippen LogP) is 4.82. The van der Waals surface area contributed by atoms with Crippen molar-refractivity contribution in [2.24, 2.45) is 5.92 Å². The van der Waals surface area contributed by atoms with E-state index in [4.69, 9.17) is 0 Å². The Bertz CT molecular complexity index is 1150. The molecule has 1 saturated carbocycles. The van der Waals surface area contributed by atoms with Gasteiger partial charge in [0.1, 0.15) is 17.3 Å². The molecule has 6 nitrogen and oxygen atoms in total. The molecule has 0 bridgehead atoms. The highest BCUT2D eigenvalue weighted by Crippen LogP contribution is 2.31. The van der Waals surface area contributed by atoms with Crippen LogP contribution in [0.15, 0.2) is 72.4 Å². The number of nitriles is 1. The third-order valence-electron chi connectivity index (χ3n) is 4.56. The zero-order chi connectivity index (χ0) is 20.9. The van der Waals surface area contributed by atoms with Gasteiger partial charge in [-0.25, -0.2) is 14.4 Å². The smallest absolute Gasteiger partial charge is 0.265 e. The number of aromatic nitrogens is 2. The van der Waals surface area contributed by atoms with E-state index in [2.05, 4.69) is 20.6 Å². The number of hydrogen-bond acceptors (Lipinski definition) is 5. The predicted molar refractivity (Wildman–Crippen MR) is 112 cm³/mol. The minimum Gasteiger partial charge on any atom is -0.324 e. The molecule has 2 aromatic carbocycles. The Labute approximate surface area is 173 Å². The van der Waals surface area contributed by atoms with Crippen LogP contribution in [0.5, 0.6) is 0 Å². The van der Waals surface area contributed by atoms with Crippen molar-refractivity contribution in [2.75, 3.05) is 10.6 Å². The van der Waals surface area contributed by atoms with Gasteiger partial charge in [-0.05, 0) is 37.0 Å². The van der Waals surface area contributed by atoms with Gasteiger partial charge < -0.3 is 10.6 Å². The van der Waals surface area contributed by atoms with Crippen molar-refractivity contribution in [2.45, 2.75) is 12.8 Å². The number of anilines is 3. The summed E-state index contributed by atoms with van der Waals surface area (Å²) in [7, 11) is 0. The highest BCUT2D eigenvalue weighted by molar-refractivity contribution is 6.06. The molecule has 1 aromatic heterocycles. The third kappa shape index (κ3) is 4.67. The van der Waals surface area contributed by atoms with Gasteiger partial charge in [-0.1, -0.05) is 42.5 Å². The number of rotatable bonds is 6. The van der Waals surface area contributed by atoms with Gasteiger partial charge in [-0.3, -0.25) is 4.79 Å². The molecule has 1 aliphatic carbocycles. The first-order valence-electron chi connectivity index (χ1n) is 9.50. The number of nitrogens with zero attached hydrogens (tertiary/aromatic N) is 3. The highest BCUT2D eigenvalue weighted by Gasteiger charge is 2.21. The molecular formula is C23H18FN5O. The Morgan fingerprint density at radius 3 is 2.63 bits per heavy atom. The number of nitrogens with one attached hydrogen (secondary N) is 2. The molecular weight excluding hydrogens is 381 g/mol. The second-order valence-electron chi connectivity index (χ2n) is 6.95. The van der Waals surface area contributed by atoms with Gasteiger partial charge >= 0.3 is 0 Å². The lowest BCUT2D eigenvalue weighted by atomic mass is 10.1. The maximum absolute atomic E-state index is 14.2. The Morgan fingerprint density at radius 1 is 1.13 bits per heavy atom. The molecule has 4 rings (SSSR count). The molecule has 0 unspecified atom stereocenters. The van der Waals surface area contributed by atoms with Crippen LogP contribution in [0.2, 0.25) is 0 Å². The maximum Gasteiger partial charge on any atom is 0.265 e. The molecule has 0 saturated heterocycles. The van der Waals surface area contributed by atoms with Crippen LogP contribution in [-0.2, 0) is 4.79 Å². The lowest BCUT2D eigenvalue weighted by Gasteiger charge is -2.10. The zero-order valence-corrected chi connectivity index (χ0v) is 16.0. The van der Waals surface area contributed by atoms with Crippen molar-refractivity contribution in [3.8, 4) is 17.3 Å². The van der Waals surface area contributed by atoms with Gasteiger partial charge in [0.05, 0.1) is 6.20 Å². The van der Waals surface area contributed by atoms with Gasteiger partial charge in [0.25, 0.3) is 5.91 Å². The quantitative estimate of drug-likeness (QED) is 0.458. The number of halogens is 1. The molecule has 1 aliphatic rings. The number of hydrogen-bond donors (Lipinski definition) is 2. The van der Waals surface area contributed by atoms with Crippen LogP contribution in [0, 0.1) is 23.1 Å². The van der Waals surface area contributed by atoms with Crippen molar-refractivity contribution in [1.29, 1.82) is 5.26 Å². The topological polar surface area (TPSA) is 90.7 Å². The monoisotopic (exact) mass is 399 g/mol. The Balaban J connectivity index is 1.51. The van der Waals surface area contributed by atoms with E-state index < -0.39 is 11.7 Å². The number of benzene rings is 2. The van der Waals surface area contributed by atoms with E-state index in [1.165, 1.54) is 0 Å². The molecule has 0 atom stereocenters. The lowest BCUT2D eigenvalue weighted by Crippen LogP contribution is -2.13. The average Bonchev–Trinajstić information content (AvgIpc) is 3.58. The van der Waals surface area contributed by atoms with Crippen molar-refractivity contribution < 1.29 is 9.18 Å². The number of allylic oxidation sites excluding steroid dienone is 1. The molecule has 0 spiro atoms. The number of carbonyl (C=O) groups is 1. The summed E-state index contributed by atoms with van der Waals surface area (Å²) in [6.07, 6.45) is 4.86. The lowest BCUT2D eigenvalue weighted by molar-refractivity contribution is -0.112. The third-order valence-corrected chi connectivity index (χ3v) is 4.56. The second kappa shape index (κ2) is 8.53. The molecule has 3 aromatic rings. The first kappa shape index (κ1) is 19.3. The summed E-state index contributed by atoms with van der Waals surface area (Å²) in [5.41, 5.74) is 2.09. The first-order chi connectivity index (χ1) is 14.6. The molecule has 7 heteroatoms. The van der Waals surface area contributed by atoms with E-state index in [9.17, 15) is 14.4 Å². The number of carbonyl (C=O) groups excluding carboxylic acids is 1. The van der Waals surface area contributed by atoms with Crippen molar-refractivity contribution >= 4 is 23.2 Å². The fourth-order valence-electron chi connectivity index (χ4n) is 2.89. The van der Waals surface area contributed by atoms with E-state index in [1.807, 2.05) is 24.3 Å². The van der Waals surface area contributed by atoms with Crippen LogP contribution in [0.4, 0.5) is 21.7 Å². The maximum atomic E-state index is 14.2.